The van der Waals surface area contributed by atoms with Gasteiger partial charge in [-0.15, -0.1) is 0 Å². The predicted octanol–water partition coefficient (Wildman–Crippen LogP) is 0.948. The second kappa shape index (κ2) is 5.46. The Morgan fingerprint density at radius 3 is 2.60 bits per heavy atom. The molecule has 1 fully saturated rings. The first-order valence-electron chi connectivity index (χ1n) is 6.94. The summed E-state index contributed by atoms with van der Waals surface area (Å²) in [5.74, 6) is 1.24. The molecule has 20 heavy (non-hydrogen) atoms. The van der Waals surface area contributed by atoms with Crippen molar-refractivity contribution >= 4 is 10.0 Å². The van der Waals surface area contributed by atoms with E-state index in [0.717, 1.165) is 12.8 Å². The maximum atomic E-state index is 12.1. The number of aromatic nitrogens is 2. The molecule has 1 aliphatic rings. The van der Waals surface area contributed by atoms with Crippen LogP contribution in [0.3, 0.4) is 0 Å². The van der Waals surface area contributed by atoms with Gasteiger partial charge in [-0.3, -0.25) is 0 Å². The molecule has 1 aromatic rings. The highest BCUT2D eigenvalue weighted by Gasteiger charge is 2.33. The number of sulfonamides is 1. The molecule has 1 saturated carbocycles. The van der Waals surface area contributed by atoms with Crippen molar-refractivity contribution in [2.45, 2.75) is 50.2 Å². The van der Waals surface area contributed by atoms with E-state index in [1.165, 1.54) is 6.20 Å². The van der Waals surface area contributed by atoms with Gasteiger partial charge in [-0.2, -0.15) is 0 Å². The number of rotatable bonds is 4. The fourth-order valence-corrected chi connectivity index (χ4v) is 3.59. The Morgan fingerprint density at radius 1 is 1.50 bits per heavy atom. The molecule has 1 heterocycles. The van der Waals surface area contributed by atoms with Gasteiger partial charge >= 0.3 is 0 Å². The Balaban J connectivity index is 2.02. The highest BCUT2D eigenvalue weighted by atomic mass is 32.2. The molecule has 114 valence electrons. The van der Waals surface area contributed by atoms with E-state index in [-0.39, 0.29) is 11.6 Å². The average molecular weight is 301 g/mol. The summed E-state index contributed by atoms with van der Waals surface area (Å²) in [7, 11) is -1.91. The second-order valence-corrected chi connectivity index (χ2v) is 7.68. The monoisotopic (exact) mass is 301 g/mol. The quantitative estimate of drug-likeness (QED) is 0.867. The van der Waals surface area contributed by atoms with Gasteiger partial charge < -0.3 is 9.67 Å². The van der Waals surface area contributed by atoms with Crippen LogP contribution < -0.4 is 4.72 Å². The molecule has 2 N–H and O–H groups in total. The lowest BCUT2D eigenvalue weighted by Crippen LogP contribution is -2.45. The van der Waals surface area contributed by atoms with Crippen LogP contribution in [0.4, 0.5) is 0 Å². The van der Waals surface area contributed by atoms with Crippen molar-refractivity contribution in [2.24, 2.45) is 13.0 Å². The van der Waals surface area contributed by atoms with Crippen molar-refractivity contribution in [3.8, 4) is 0 Å². The van der Waals surface area contributed by atoms with Crippen molar-refractivity contribution in [1.82, 2.24) is 14.3 Å². The molecular weight excluding hydrogens is 278 g/mol. The molecule has 0 unspecified atom stereocenters. The number of nitrogens with one attached hydrogen (secondary N) is 1. The largest absolute Gasteiger partial charge is 0.389 e. The minimum absolute atomic E-state index is 0.00489. The third-order valence-corrected chi connectivity index (χ3v) is 5.43. The van der Waals surface area contributed by atoms with Crippen LogP contribution in [0.25, 0.3) is 0 Å². The number of imidazole rings is 1. The normalized spacial score (nSPS) is 27.7. The van der Waals surface area contributed by atoms with Gasteiger partial charge in [-0.05, 0) is 38.5 Å². The SMILES string of the molecule is Cc1nc(S(=O)(=O)NCC2(O)CCC(C)CC2)cn1C. The maximum absolute atomic E-state index is 12.1. The molecule has 1 aliphatic carbocycles. The van der Waals surface area contributed by atoms with Crippen LogP contribution in [0.5, 0.6) is 0 Å². The second-order valence-electron chi connectivity index (χ2n) is 5.97. The van der Waals surface area contributed by atoms with Crippen LogP contribution in [-0.4, -0.2) is 35.2 Å². The van der Waals surface area contributed by atoms with Gasteiger partial charge in [0.2, 0.25) is 0 Å². The summed E-state index contributed by atoms with van der Waals surface area (Å²) in [6.07, 6.45) is 4.61. The molecule has 0 aromatic carbocycles. The number of aryl methyl sites for hydroxylation is 2. The number of hydrogen-bond donors (Lipinski definition) is 2. The van der Waals surface area contributed by atoms with Crippen LogP contribution in [-0.2, 0) is 17.1 Å². The van der Waals surface area contributed by atoms with Crippen LogP contribution in [0.1, 0.15) is 38.4 Å². The van der Waals surface area contributed by atoms with E-state index >= 15 is 0 Å². The van der Waals surface area contributed by atoms with Crippen molar-refractivity contribution in [3.63, 3.8) is 0 Å². The molecule has 7 heteroatoms. The lowest BCUT2D eigenvalue weighted by atomic mass is 9.80. The standard InChI is InChI=1S/C13H23N3O3S/c1-10-4-6-13(17,7-5-10)9-14-20(18,19)12-8-16(3)11(2)15-12/h8,10,14,17H,4-7,9H2,1-3H3. The van der Waals surface area contributed by atoms with Gasteiger partial charge in [0.15, 0.2) is 5.03 Å². The molecule has 0 amide bonds. The van der Waals surface area contributed by atoms with E-state index < -0.39 is 15.6 Å². The zero-order valence-electron chi connectivity index (χ0n) is 12.3. The third kappa shape index (κ3) is 3.39. The van der Waals surface area contributed by atoms with Crippen LogP contribution in [0, 0.1) is 12.8 Å². The van der Waals surface area contributed by atoms with Crippen molar-refractivity contribution in [1.29, 1.82) is 0 Å². The first-order valence-corrected chi connectivity index (χ1v) is 8.42. The molecule has 0 saturated heterocycles. The molecular formula is C13H23N3O3S. The van der Waals surface area contributed by atoms with Gasteiger partial charge in [0.1, 0.15) is 5.82 Å². The Kier molecular flexibility index (Phi) is 4.22. The van der Waals surface area contributed by atoms with E-state index in [2.05, 4.69) is 16.6 Å². The molecule has 0 radical (unpaired) electrons. The van der Waals surface area contributed by atoms with Crippen LogP contribution in [0.15, 0.2) is 11.2 Å². The molecule has 1 aromatic heterocycles. The lowest BCUT2D eigenvalue weighted by molar-refractivity contribution is -0.00183. The van der Waals surface area contributed by atoms with Crippen molar-refractivity contribution < 1.29 is 13.5 Å². The van der Waals surface area contributed by atoms with E-state index in [0.29, 0.717) is 24.6 Å². The summed E-state index contributed by atoms with van der Waals surface area (Å²) >= 11 is 0. The third-order valence-electron chi connectivity index (χ3n) is 4.16. The molecule has 0 spiro atoms. The van der Waals surface area contributed by atoms with Crippen LogP contribution in [0.2, 0.25) is 0 Å². The molecule has 6 nitrogen and oxygen atoms in total. The fourth-order valence-electron chi connectivity index (χ4n) is 2.44. The first kappa shape index (κ1) is 15.5. The highest BCUT2D eigenvalue weighted by molar-refractivity contribution is 7.89. The van der Waals surface area contributed by atoms with E-state index in [9.17, 15) is 13.5 Å². The topological polar surface area (TPSA) is 84.2 Å². The van der Waals surface area contributed by atoms with Crippen molar-refractivity contribution in [3.05, 3.63) is 12.0 Å². The minimum atomic E-state index is -3.65. The molecule has 0 bridgehead atoms. The van der Waals surface area contributed by atoms with Gasteiger partial charge in [0.25, 0.3) is 10.0 Å². The Labute approximate surface area is 120 Å². The Hall–Kier alpha value is -0.920. The summed E-state index contributed by atoms with van der Waals surface area (Å²) in [5.41, 5.74) is -0.927. The number of aliphatic hydroxyl groups is 1. The first-order chi connectivity index (χ1) is 9.22. The Morgan fingerprint density at radius 2 is 2.10 bits per heavy atom. The highest BCUT2D eigenvalue weighted by Crippen LogP contribution is 2.31. The van der Waals surface area contributed by atoms with E-state index in [1.807, 2.05) is 0 Å². The number of hydrogen-bond acceptors (Lipinski definition) is 4. The zero-order chi connectivity index (χ0) is 15.0. The van der Waals surface area contributed by atoms with E-state index in [1.54, 1.807) is 18.5 Å². The van der Waals surface area contributed by atoms with E-state index in [4.69, 9.17) is 0 Å². The smallest absolute Gasteiger partial charge is 0.259 e. The van der Waals surface area contributed by atoms with Gasteiger partial charge in [0.05, 0.1) is 5.60 Å². The summed E-state index contributed by atoms with van der Waals surface area (Å²) < 4.78 is 28.4. The lowest BCUT2D eigenvalue weighted by Gasteiger charge is -2.34. The van der Waals surface area contributed by atoms with Gasteiger partial charge in [0, 0.05) is 19.8 Å². The number of nitrogens with zero attached hydrogens (tertiary/aromatic N) is 2. The molecule has 0 atom stereocenters. The fraction of sp³-hybridized carbons (Fsp3) is 0.769. The van der Waals surface area contributed by atoms with Gasteiger partial charge in [-0.25, -0.2) is 18.1 Å². The predicted molar refractivity (Wildman–Crippen MR) is 75.7 cm³/mol. The molecule has 2 rings (SSSR count). The summed E-state index contributed by atoms with van der Waals surface area (Å²) in [4.78, 5) is 4.01. The van der Waals surface area contributed by atoms with Crippen LogP contribution >= 0.6 is 0 Å². The summed E-state index contributed by atoms with van der Waals surface area (Å²) in [6.45, 7) is 3.95. The van der Waals surface area contributed by atoms with Gasteiger partial charge in [-0.1, -0.05) is 6.92 Å². The summed E-state index contributed by atoms with van der Waals surface area (Å²) in [6, 6.07) is 0. The molecule has 0 aliphatic heterocycles. The average Bonchev–Trinajstić information content (AvgIpc) is 2.73. The summed E-state index contributed by atoms with van der Waals surface area (Å²) in [5, 5.41) is 10.4. The minimum Gasteiger partial charge on any atom is -0.389 e. The van der Waals surface area contributed by atoms with Crippen molar-refractivity contribution in [2.75, 3.05) is 6.54 Å². The zero-order valence-corrected chi connectivity index (χ0v) is 13.1. The Bertz CT molecular complexity index is 552. The maximum Gasteiger partial charge on any atom is 0.259 e.